The number of rotatable bonds is 6. The normalized spacial score (nSPS) is 17.9. The van der Waals surface area contributed by atoms with Crippen LogP contribution in [0.1, 0.15) is 58.7 Å². The number of carbonyl (C=O) groups excluding carboxylic acids is 2. The highest BCUT2D eigenvalue weighted by Gasteiger charge is 2.26. The predicted octanol–water partition coefficient (Wildman–Crippen LogP) is 2.72. The van der Waals surface area contributed by atoms with Crippen molar-refractivity contribution in [2.45, 2.75) is 59.3 Å². The Balaban J connectivity index is 1.31. The summed E-state index contributed by atoms with van der Waals surface area (Å²) < 4.78 is 7.36. The van der Waals surface area contributed by atoms with Gasteiger partial charge in [-0.1, -0.05) is 12.1 Å². The molecule has 0 aliphatic carbocycles. The number of ether oxygens (including phenoxy) is 1. The average Bonchev–Trinajstić information content (AvgIpc) is 3.24. The summed E-state index contributed by atoms with van der Waals surface area (Å²) in [6.45, 7) is 9.31. The average molecular weight is 475 g/mol. The molecular weight excluding hydrogens is 444 g/mol. The van der Waals surface area contributed by atoms with Gasteiger partial charge >= 0.3 is 0 Å². The van der Waals surface area contributed by atoms with E-state index in [1.54, 1.807) is 4.52 Å². The minimum absolute atomic E-state index is 0.00187. The van der Waals surface area contributed by atoms with Crippen molar-refractivity contribution < 1.29 is 14.3 Å². The van der Waals surface area contributed by atoms with Crippen molar-refractivity contribution in [3.8, 4) is 6.07 Å². The largest absolute Gasteiger partial charge is 0.372 e. The molecule has 9 heteroatoms. The fraction of sp³-hybridized carbons (Fsp3) is 0.423. The molecule has 1 N–H and O–H groups in total. The number of nitriles is 1. The second-order valence-electron chi connectivity index (χ2n) is 9.11. The summed E-state index contributed by atoms with van der Waals surface area (Å²) in [7, 11) is 0. The summed E-state index contributed by atoms with van der Waals surface area (Å²) in [6.07, 6.45) is 2.39. The lowest BCUT2D eigenvalue weighted by Gasteiger charge is -2.35. The number of amides is 2. The minimum atomic E-state index is -0.0708. The standard InChI is InChI=1S/C26H30N6O3/c1-16-14-31(15-17(2)35-16)26(34)21-7-5-20(6-8-21)12-28-24(33)10-9-23-18(3)30-25-22(11-27)13-29-32(25)19(23)4/h5-8,13,16-17H,9-10,12,14-15H2,1-4H3,(H,28,33). The molecule has 0 bridgehead atoms. The van der Waals surface area contributed by atoms with Crippen molar-refractivity contribution in [2.75, 3.05) is 13.1 Å². The number of aryl methyl sites for hydroxylation is 2. The SMILES string of the molecule is Cc1nc2c(C#N)cnn2c(C)c1CCC(=O)NCc1ccc(C(=O)N2CC(C)OC(C)C2)cc1. The van der Waals surface area contributed by atoms with E-state index in [0.717, 1.165) is 22.5 Å². The van der Waals surface area contributed by atoms with Gasteiger partial charge in [-0.3, -0.25) is 9.59 Å². The maximum Gasteiger partial charge on any atom is 0.254 e. The Bertz CT molecular complexity index is 1280. The van der Waals surface area contributed by atoms with Crippen LogP contribution in [-0.2, 0) is 22.5 Å². The molecule has 2 atom stereocenters. The van der Waals surface area contributed by atoms with Gasteiger partial charge in [-0.2, -0.15) is 10.4 Å². The molecule has 1 aliphatic rings. The van der Waals surface area contributed by atoms with Gasteiger partial charge in [-0.15, -0.1) is 0 Å². The summed E-state index contributed by atoms with van der Waals surface area (Å²) in [6, 6.07) is 9.46. The summed E-state index contributed by atoms with van der Waals surface area (Å²) in [5.74, 6) is -0.0727. The van der Waals surface area contributed by atoms with E-state index in [4.69, 9.17) is 4.74 Å². The van der Waals surface area contributed by atoms with Crippen molar-refractivity contribution in [1.82, 2.24) is 24.8 Å². The van der Waals surface area contributed by atoms with Crippen LogP contribution in [0.2, 0.25) is 0 Å². The van der Waals surface area contributed by atoms with E-state index in [9.17, 15) is 14.9 Å². The van der Waals surface area contributed by atoms with Crippen LogP contribution in [0.3, 0.4) is 0 Å². The van der Waals surface area contributed by atoms with Crippen LogP contribution >= 0.6 is 0 Å². The molecule has 2 unspecified atom stereocenters. The maximum absolute atomic E-state index is 12.8. The topological polar surface area (TPSA) is 113 Å². The zero-order valence-corrected chi connectivity index (χ0v) is 20.5. The van der Waals surface area contributed by atoms with E-state index in [2.05, 4.69) is 21.5 Å². The molecule has 1 aromatic carbocycles. The lowest BCUT2D eigenvalue weighted by Crippen LogP contribution is -2.48. The van der Waals surface area contributed by atoms with E-state index < -0.39 is 0 Å². The Morgan fingerprint density at radius 1 is 1.17 bits per heavy atom. The fourth-order valence-electron chi connectivity index (χ4n) is 4.57. The Morgan fingerprint density at radius 2 is 1.86 bits per heavy atom. The van der Waals surface area contributed by atoms with Gasteiger partial charge in [0.2, 0.25) is 5.91 Å². The highest BCUT2D eigenvalue weighted by atomic mass is 16.5. The van der Waals surface area contributed by atoms with E-state index in [0.29, 0.717) is 49.2 Å². The van der Waals surface area contributed by atoms with Gasteiger partial charge in [0.25, 0.3) is 5.91 Å². The first kappa shape index (κ1) is 24.4. The number of morpholine rings is 1. The first-order valence-corrected chi connectivity index (χ1v) is 11.8. The summed E-state index contributed by atoms with van der Waals surface area (Å²) in [4.78, 5) is 31.7. The highest BCUT2D eigenvalue weighted by molar-refractivity contribution is 5.94. The molecule has 2 aromatic heterocycles. The number of carbonyl (C=O) groups is 2. The number of nitrogens with one attached hydrogen (secondary N) is 1. The molecule has 9 nitrogen and oxygen atoms in total. The van der Waals surface area contributed by atoms with Crippen molar-refractivity contribution in [2.24, 2.45) is 0 Å². The van der Waals surface area contributed by atoms with Crippen LogP contribution in [0.5, 0.6) is 0 Å². The number of hydrogen-bond acceptors (Lipinski definition) is 6. The number of hydrogen-bond donors (Lipinski definition) is 1. The first-order chi connectivity index (χ1) is 16.8. The van der Waals surface area contributed by atoms with Crippen molar-refractivity contribution in [3.63, 3.8) is 0 Å². The van der Waals surface area contributed by atoms with Crippen molar-refractivity contribution >= 4 is 17.5 Å². The molecule has 0 spiro atoms. The Hall–Kier alpha value is -3.77. The van der Waals surface area contributed by atoms with Gasteiger partial charge in [0.1, 0.15) is 11.6 Å². The molecule has 0 saturated carbocycles. The van der Waals surface area contributed by atoms with E-state index in [-0.39, 0.29) is 24.0 Å². The molecule has 182 valence electrons. The Labute approximate surface area is 204 Å². The molecule has 1 aliphatic heterocycles. The third kappa shape index (κ3) is 5.33. The summed E-state index contributed by atoms with van der Waals surface area (Å²) in [5.41, 5.74) is 5.16. The lowest BCUT2D eigenvalue weighted by molar-refractivity contribution is -0.121. The Morgan fingerprint density at radius 3 is 2.51 bits per heavy atom. The highest BCUT2D eigenvalue weighted by Crippen LogP contribution is 2.18. The van der Waals surface area contributed by atoms with E-state index >= 15 is 0 Å². The molecule has 35 heavy (non-hydrogen) atoms. The smallest absolute Gasteiger partial charge is 0.254 e. The molecule has 4 rings (SSSR count). The summed E-state index contributed by atoms with van der Waals surface area (Å²) >= 11 is 0. The number of fused-ring (bicyclic) bond motifs is 1. The van der Waals surface area contributed by atoms with Crippen LogP contribution in [0, 0.1) is 25.2 Å². The predicted molar refractivity (Wildman–Crippen MR) is 130 cm³/mol. The van der Waals surface area contributed by atoms with E-state index in [1.807, 2.05) is 56.9 Å². The van der Waals surface area contributed by atoms with Gasteiger partial charge in [0.05, 0.1) is 18.4 Å². The van der Waals surface area contributed by atoms with Crippen LogP contribution in [0.4, 0.5) is 0 Å². The third-order valence-electron chi connectivity index (χ3n) is 6.33. The third-order valence-corrected chi connectivity index (χ3v) is 6.33. The van der Waals surface area contributed by atoms with Crippen LogP contribution in [-0.4, -0.2) is 56.6 Å². The maximum atomic E-state index is 12.8. The second kappa shape index (κ2) is 10.2. The van der Waals surface area contributed by atoms with Gasteiger partial charge in [-0.05, 0) is 57.4 Å². The molecule has 0 radical (unpaired) electrons. The van der Waals surface area contributed by atoms with Crippen LogP contribution in [0.15, 0.2) is 30.5 Å². The first-order valence-electron chi connectivity index (χ1n) is 11.8. The Kier molecular flexibility index (Phi) is 7.12. The van der Waals surface area contributed by atoms with Gasteiger partial charge in [-0.25, -0.2) is 9.50 Å². The molecule has 1 fully saturated rings. The number of nitrogens with zero attached hydrogens (tertiary/aromatic N) is 5. The zero-order chi connectivity index (χ0) is 25.1. The quantitative estimate of drug-likeness (QED) is 0.588. The molecule has 3 aromatic rings. The molecule has 1 saturated heterocycles. The minimum Gasteiger partial charge on any atom is -0.372 e. The van der Waals surface area contributed by atoms with Crippen molar-refractivity contribution in [1.29, 1.82) is 5.26 Å². The van der Waals surface area contributed by atoms with Gasteiger partial charge in [0, 0.05) is 43.0 Å². The van der Waals surface area contributed by atoms with Crippen LogP contribution in [0.25, 0.3) is 5.65 Å². The molecular formula is C26H30N6O3. The number of benzene rings is 1. The number of aromatic nitrogens is 3. The second-order valence-corrected chi connectivity index (χ2v) is 9.11. The molecule has 2 amide bonds. The molecule has 3 heterocycles. The summed E-state index contributed by atoms with van der Waals surface area (Å²) in [5, 5.41) is 16.4. The van der Waals surface area contributed by atoms with Gasteiger partial charge < -0.3 is 15.0 Å². The monoisotopic (exact) mass is 474 g/mol. The fourth-order valence-corrected chi connectivity index (χ4v) is 4.57. The van der Waals surface area contributed by atoms with Crippen molar-refractivity contribution in [3.05, 3.63) is 64.1 Å². The van der Waals surface area contributed by atoms with Crippen LogP contribution < -0.4 is 5.32 Å². The lowest BCUT2D eigenvalue weighted by atomic mass is 10.1. The van der Waals surface area contributed by atoms with Gasteiger partial charge in [0.15, 0.2) is 5.65 Å². The van der Waals surface area contributed by atoms with E-state index in [1.165, 1.54) is 6.20 Å². The zero-order valence-electron chi connectivity index (χ0n) is 20.5.